The van der Waals surface area contributed by atoms with Gasteiger partial charge in [0.1, 0.15) is 0 Å². The lowest BCUT2D eigenvalue weighted by Crippen LogP contribution is -2.26. The quantitative estimate of drug-likeness (QED) is 0.750. The van der Waals surface area contributed by atoms with E-state index >= 15 is 0 Å². The third-order valence-electron chi connectivity index (χ3n) is 3.12. The van der Waals surface area contributed by atoms with E-state index in [0.717, 1.165) is 42.8 Å². The van der Waals surface area contributed by atoms with Crippen LogP contribution in [0.15, 0.2) is 6.07 Å². The Bertz CT molecular complexity index is 412. The van der Waals surface area contributed by atoms with Crippen molar-refractivity contribution in [1.82, 2.24) is 10.2 Å². The lowest BCUT2D eigenvalue weighted by molar-refractivity contribution is 0.0460. The van der Waals surface area contributed by atoms with Crippen molar-refractivity contribution in [2.45, 2.75) is 33.1 Å². The van der Waals surface area contributed by atoms with Gasteiger partial charge in [-0.15, -0.1) is 0 Å². The van der Waals surface area contributed by atoms with Crippen molar-refractivity contribution in [1.29, 1.82) is 0 Å². The number of carbonyl (C=O) groups is 1. The van der Waals surface area contributed by atoms with Gasteiger partial charge in [0, 0.05) is 18.1 Å². The molecule has 0 saturated carbocycles. The summed E-state index contributed by atoms with van der Waals surface area (Å²) in [6, 6.07) is 1.85. The molecule has 0 radical (unpaired) electrons. The van der Waals surface area contributed by atoms with Gasteiger partial charge in [-0.1, -0.05) is 6.92 Å². The zero-order valence-electron chi connectivity index (χ0n) is 10.4. The smallest absolute Gasteiger partial charge is 0.170 e. The molecule has 1 aliphatic rings. The van der Waals surface area contributed by atoms with Crippen LogP contribution < -0.4 is 0 Å². The van der Waals surface area contributed by atoms with Gasteiger partial charge in [0.2, 0.25) is 0 Å². The molecule has 17 heavy (non-hydrogen) atoms. The summed E-state index contributed by atoms with van der Waals surface area (Å²) in [5.41, 5.74) is 2.32. The number of Topliss-reactive ketones (excluding diaryl/α,β-unsaturated/α-hetero) is 1. The van der Waals surface area contributed by atoms with Crippen molar-refractivity contribution in [3.05, 3.63) is 23.0 Å². The van der Waals surface area contributed by atoms with Crippen LogP contribution in [-0.4, -0.2) is 29.2 Å². The summed E-state index contributed by atoms with van der Waals surface area (Å²) < 4.78 is 5.37. The highest BCUT2D eigenvalue weighted by molar-refractivity contribution is 5.99. The fourth-order valence-electron chi connectivity index (χ4n) is 2.16. The Balaban J connectivity index is 2.25. The van der Waals surface area contributed by atoms with Crippen LogP contribution >= 0.6 is 0 Å². The Kier molecular flexibility index (Phi) is 3.84. The van der Waals surface area contributed by atoms with Crippen LogP contribution in [-0.2, 0) is 11.2 Å². The van der Waals surface area contributed by atoms with Gasteiger partial charge in [0.05, 0.1) is 18.0 Å². The molecule has 1 unspecified atom stereocenters. The summed E-state index contributed by atoms with van der Waals surface area (Å²) in [5.74, 6) is 0.164. The fourth-order valence-corrected chi connectivity index (χ4v) is 2.16. The van der Waals surface area contributed by atoms with Gasteiger partial charge in [-0.2, -0.15) is 10.2 Å². The van der Waals surface area contributed by atoms with E-state index in [1.165, 1.54) is 0 Å². The van der Waals surface area contributed by atoms with E-state index in [0.29, 0.717) is 6.61 Å². The molecule has 2 rings (SSSR count). The second-order valence-electron chi connectivity index (χ2n) is 4.48. The Labute approximate surface area is 101 Å². The highest BCUT2D eigenvalue weighted by Crippen LogP contribution is 2.20. The van der Waals surface area contributed by atoms with Crippen LogP contribution in [0.4, 0.5) is 0 Å². The number of aryl methyl sites for hydroxylation is 2. The summed E-state index contributed by atoms with van der Waals surface area (Å²) in [4.78, 5) is 12.4. The van der Waals surface area contributed by atoms with Crippen LogP contribution in [0.3, 0.4) is 0 Å². The maximum Gasteiger partial charge on any atom is 0.170 e. The first-order chi connectivity index (χ1) is 8.22. The number of carbonyl (C=O) groups excluding carboxylic acids is 1. The number of rotatable bonds is 3. The van der Waals surface area contributed by atoms with Crippen molar-refractivity contribution in [2.24, 2.45) is 5.92 Å². The molecule has 1 aliphatic heterocycles. The number of nitrogens with zero attached hydrogens (tertiary/aromatic N) is 2. The minimum atomic E-state index is -0.00218. The summed E-state index contributed by atoms with van der Waals surface area (Å²) >= 11 is 0. The number of ether oxygens (including phenoxy) is 1. The van der Waals surface area contributed by atoms with E-state index < -0.39 is 0 Å². The van der Waals surface area contributed by atoms with E-state index in [4.69, 9.17) is 4.74 Å². The molecule has 0 amide bonds. The zero-order valence-corrected chi connectivity index (χ0v) is 10.4. The molecule has 0 aliphatic carbocycles. The summed E-state index contributed by atoms with van der Waals surface area (Å²) in [6.45, 7) is 5.18. The third kappa shape index (κ3) is 2.69. The van der Waals surface area contributed by atoms with E-state index in [-0.39, 0.29) is 11.7 Å². The average molecular weight is 234 g/mol. The van der Waals surface area contributed by atoms with Crippen LogP contribution in [0.5, 0.6) is 0 Å². The summed E-state index contributed by atoms with van der Waals surface area (Å²) in [5, 5.41) is 8.11. The predicted molar refractivity (Wildman–Crippen MR) is 64.0 cm³/mol. The predicted octanol–water partition coefficient (Wildman–Crippen LogP) is 1.96. The third-order valence-corrected chi connectivity index (χ3v) is 3.12. The molecular formula is C13H18N2O2. The molecule has 1 saturated heterocycles. The van der Waals surface area contributed by atoms with Crippen molar-refractivity contribution >= 4 is 5.78 Å². The van der Waals surface area contributed by atoms with Crippen LogP contribution in [0.1, 0.15) is 41.5 Å². The molecule has 92 valence electrons. The van der Waals surface area contributed by atoms with Gasteiger partial charge in [0.25, 0.3) is 0 Å². The molecule has 4 nitrogen and oxygen atoms in total. The first-order valence-corrected chi connectivity index (χ1v) is 6.17. The molecule has 2 heterocycles. The second-order valence-corrected chi connectivity index (χ2v) is 4.48. The van der Waals surface area contributed by atoms with Crippen LogP contribution in [0, 0.1) is 12.8 Å². The largest absolute Gasteiger partial charge is 0.381 e. The standard InChI is InChI=1S/C13H18N2O2/c1-3-12-11(7-9(2)14-15-12)13(16)10-5-4-6-17-8-10/h7,10H,3-6,8H2,1-2H3. The second kappa shape index (κ2) is 5.36. The fraction of sp³-hybridized carbons (Fsp3) is 0.615. The molecular weight excluding hydrogens is 216 g/mol. The van der Waals surface area contributed by atoms with Crippen molar-refractivity contribution < 1.29 is 9.53 Å². The SMILES string of the molecule is CCc1nnc(C)cc1C(=O)C1CCCOC1. The van der Waals surface area contributed by atoms with Crippen LogP contribution in [0.25, 0.3) is 0 Å². The Morgan fingerprint density at radius 3 is 3.00 bits per heavy atom. The average Bonchev–Trinajstić information content (AvgIpc) is 2.39. The molecule has 1 aromatic heterocycles. The number of hydrogen-bond acceptors (Lipinski definition) is 4. The lowest BCUT2D eigenvalue weighted by Gasteiger charge is -2.21. The minimum absolute atomic E-state index is 0.00218. The van der Waals surface area contributed by atoms with Gasteiger partial charge in [-0.05, 0) is 32.3 Å². The van der Waals surface area contributed by atoms with Crippen molar-refractivity contribution in [2.75, 3.05) is 13.2 Å². The number of hydrogen-bond donors (Lipinski definition) is 0. The van der Waals surface area contributed by atoms with Gasteiger partial charge in [-0.25, -0.2) is 0 Å². The van der Waals surface area contributed by atoms with E-state index in [9.17, 15) is 4.79 Å². The monoisotopic (exact) mass is 234 g/mol. The number of ketones is 1. The first kappa shape index (κ1) is 12.2. The summed E-state index contributed by atoms with van der Waals surface area (Å²) in [6.07, 6.45) is 2.63. The molecule has 1 atom stereocenters. The highest BCUT2D eigenvalue weighted by Gasteiger charge is 2.25. The Hall–Kier alpha value is -1.29. The summed E-state index contributed by atoms with van der Waals surface area (Å²) in [7, 11) is 0. The molecule has 0 spiro atoms. The van der Waals surface area contributed by atoms with Crippen molar-refractivity contribution in [3.63, 3.8) is 0 Å². The van der Waals surface area contributed by atoms with Crippen LogP contribution in [0.2, 0.25) is 0 Å². The van der Waals surface area contributed by atoms with E-state index in [1.807, 2.05) is 19.9 Å². The number of aromatic nitrogens is 2. The van der Waals surface area contributed by atoms with E-state index in [2.05, 4.69) is 10.2 Å². The normalized spacial score (nSPS) is 20.2. The maximum absolute atomic E-state index is 12.4. The molecule has 1 fully saturated rings. The lowest BCUT2D eigenvalue weighted by atomic mass is 9.91. The highest BCUT2D eigenvalue weighted by atomic mass is 16.5. The molecule has 0 N–H and O–H groups in total. The zero-order chi connectivity index (χ0) is 12.3. The molecule has 0 bridgehead atoms. The minimum Gasteiger partial charge on any atom is -0.381 e. The first-order valence-electron chi connectivity index (χ1n) is 6.17. The van der Waals surface area contributed by atoms with E-state index in [1.54, 1.807) is 0 Å². The maximum atomic E-state index is 12.4. The Morgan fingerprint density at radius 2 is 2.35 bits per heavy atom. The molecule has 1 aromatic rings. The van der Waals surface area contributed by atoms with Gasteiger partial charge in [-0.3, -0.25) is 4.79 Å². The van der Waals surface area contributed by atoms with Gasteiger partial charge >= 0.3 is 0 Å². The Morgan fingerprint density at radius 1 is 1.53 bits per heavy atom. The topological polar surface area (TPSA) is 52.1 Å². The van der Waals surface area contributed by atoms with Gasteiger partial charge < -0.3 is 4.74 Å². The van der Waals surface area contributed by atoms with Gasteiger partial charge in [0.15, 0.2) is 5.78 Å². The molecule has 4 heteroatoms. The molecule has 0 aromatic carbocycles. The van der Waals surface area contributed by atoms with Crippen molar-refractivity contribution in [3.8, 4) is 0 Å².